The Labute approximate surface area is 222 Å². The van der Waals surface area contributed by atoms with Gasteiger partial charge in [-0.05, 0) is 6.42 Å². The van der Waals surface area contributed by atoms with Crippen LogP contribution in [0.2, 0.25) is 0 Å². The van der Waals surface area contributed by atoms with Crippen LogP contribution >= 0.6 is 16.1 Å². The highest BCUT2D eigenvalue weighted by molar-refractivity contribution is 9.07. The summed E-state index contributed by atoms with van der Waals surface area (Å²) in [6.07, 6.45) is 38.0. The Morgan fingerprint density at radius 3 is 0.882 bits per heavy atom. The molecular weight excluding hydrogens is 486 g/mol. The van der Waals surface area contributed by atoms with Gasteiger partial charge < -0.3 is 0 Å². The van der Waals surface area contributed by atoms with E-state index >= 15 is 0 Å². The molecular formula is C30H60BrNO2. The van der Waals surface area contributed by atoms with E-state index in [1.807, 2.05) is 0 Å². The lowest BCUT2D eigenvalue weighted by Crippen LogP contribution is -2.15. The minimum atomic E-state index is -0.250. The molecule has 0 aromatic heterocycles. The molecule has 0 unspecified atom stereocenters. The Balaban J connectivity index is 3.05. The third kappa shape index (κ3) is 28.1. The summed E-state index contributed by atoms with van der Waals surface area (Å²) in [6.45, 7) is 2.30. The molecule has 0 atom stereocenters. The lowest BCUT2D eigenvalue weighted by molar-refractivity contribution is -0.143. The maximum atomic E-state index is 11.2. The summed E-state index contributed by atoms with van der Waals surface area (Å²) < 4.78 is 0.521. The first kappa shape index (κ1) is 33.9. The summed E-state index contributed by atoms with van der Waals surface area (Å²) in [4.78, 5) is 11.2. The molecule has 0 bridgehead atoms. The van der Waals surface area contributed by atoms with Crippen molar-refractivity contribution in [2.45, 2.75) is 187 Å². The Hall–Kier alpha value is -0.0900. The van der Waals surface area contributed by atoms with Gasteiger partial charge >= 0.3 is 0 Å². The summed E-state index contributed by atoms with van der Waals surface area (Å²) in [6, 6.07) is 0. The van der Waals surface area contributed by atoms with Gasteiger partial charge in [-0.1, -0.05) is 174 Å². The number of hydrogen-bond acceptors (Lipinski definition) is 2. The Morgan fingerprint density at radius 2 is 0.676 bits per heavy atom. The molecule has 0 aliphatic heterocycles. The Bertz CT molecular complexity index is 403. The zero-order valence-electron chi connectivity index (χ0n) is 23.0. The summed E-state index contributed by atoms with van der Waals surface area (Å²) >= 11 is 2.75. The molecule has 0 saturated carbocycles. The van der Waals surface area contributed by atoms with E-state index in [0.717, 1.165) is 12.8 Å². The van der Waals surface area contributed by atoms with Crippen molar-refractivity contribution >= 4 is 22.1 Å². The second-order valence-corrected chi connectivity index (χ2v) is 11.3. The summed E-state index contributed by atoms with van der Waals surface area (Å²) in [7, 11) is 0. The Kier molecular flexibility index (Phi) is 29.1. The van der Waals surface area contributed by atoms with Crippen LogP contribution in [-0.4, -0.2) is 15.2 Å². The summed E-state index contributed by atoms with van der Waals surface area (Å²) in [5.41, 5.74) is 0. The zero-order valence-corrected chi connectivity index (χ0v) is 24.6. The quantitative estimate of drug-likeness (QED) is 0.0459. The first-order chi connectivity index (χ1) is 16.7. The van der Waals surface area contributed by atoms with Gasteiger partial charge in [-0.25, -0.2) is 0 Å². The van der Waals surface area contributed by atoms with Gasteiger partial charge in [-0.2, -0.15) is 4.09 Å². The van der Waals surface area contributed by atoms with E-state index in [1.54, 1.807) is 0 Å². The van der Waals surface area contributed by atoms with Gasteiger partial charge in [0.05, 0.1) is 16.1 Å². The van der Waals surface area contributed by atoms with Crippen molar-refractivity contribution in [1.29, 1.82) is 0 Å². The van der Waals surface area contributed by atoms with Crippen LogP contribution in [0.15, 0.2) is 0 Å². The number of hydroxylamine groups is 1. The molecule has 0 aromatic carbocycles. The van der Waals surface area contributed by atoms with E-state index < -0.39 is 0 Å². The number of nitrogens with zero attached hydrogens (tertiary/aromatic N) is 1. The van der Waals surface area contributed by atoms with Crippen LogP contribution in [0.4, 0.5) is 0 Å². The molecule has 4 heteroatoms. The monoisotopic (exact) mass is 545 g/mol. The fraction of sp³-hybridized carbons (Fsp3) is 0.967. The van der Waals surface area contributed by atoms with Crippen molar-refractivity contribution in [3.05, 3.63) is 0 Å². The number of hydrogen-bond donors (Lipinski definition) is 1. The molecule has 0 rings (SSSR count). The second-order valence-electron chi connectivity index (χ2n) is 10.6. The molecule has 0 aliphatic rings. The number of rotatable bonds is 28. The molecule has 0 fully saturated rings. The van der Waals surface area contributed by atoms with Crippen LogP contribution < -0.4 is 0 Å². The van der Waals surface area contributed by atoms with Gasteiger partial charge in [0.1, 0.15) is 0 Å². The average Bonchev–Trinajstić information content (AvgIpc) is 2.83. The number of amides is 1. The number of unbranched alkanes of at least 4 members (excludes halogenated alkanes) is 26. The number of carbonyl (C=O) groups is 1. The summed E-state index contributed by atoms with van der Waals surface area (Å²) in [5.74, 6) is -0.250. The van der Waals surface area contributed by atoms with Crippen molar-refractivity contribution in [1.82, 2.24) is 4.09 Å². The van der Waals surface area contributed by atoms with Crippen LogP contribution in [0.3, 0.4) is 0 Å². The second kappa shape index (κ2) is 29.1. The molecule has 3 nitrogen and oxygen atoms in total. The third-order valence-corrected chi connectivity index (χ3v) is 7.60. The normalized spacial score (nSPS) is 11.3. The largest absolute Gasteiger partial charge is 0.275 e. The molecule has 0 heterocycles. The van der Waals surface area contributed by atoms with Crippen molar-refractivity contribution in [3.63, 3.8) is 0 Å². The molecule has 0 spiro atoms. The minimum absolute atomic E-state index is 0.250. The molecule has 0 saturated heterocycles. The van der Waals surface area contributed by atoms with Crippen LogP contribution in [0.5, 0.6) is 0 Å². The molecule has 0 aliphatic carbocycles. The average molecular weight is 547 g/mol. The Morgan fingerprint density at radius 1 is 0.471 bits per heavy atom. The highest BCUT2D eigenvalue weighted by atomic mass is 79.9. The van der Waals surface area contributed by atoms with Gasteiger partial charge in [0, 0.05) is 6.42 Å². The molecule has 1 N–H and O–H groups in total. The van der Waals surface area contributed by atoms with Crippen molar-refractivity contribution in [3.8, 4) is 0 Å². The maximum Gasteiger partial charge on any atom is 0.256 e. The molecule has 0 radical (unpaired) electrons. The highest BCUT2D eigenvalue weighted by Gasteiger charge is 2.06. The van der Waals surface area contributed by atoms with Gasteiger partial charge in [-0.3, -0.25) is 10.0 Å². The fourth-order valence-electron chi connectivity index (χ4n) is 4.86. The molecule has 34 heavy (non-hydrogen) atoms. The molecule has 1 amide bonds. The third-order valence-electron chi connectivity index (χ3n) is 7.20. The van der Waals surface area contributed by atoms with Crippen LogP contribution in [0.1, 0.15) is 187 Å². The standard InChI is InChI=1S/C30H60BrNO2/c1-2-3-4-5-6-7-8-9-10-11-12-13-14-15-16-17-18-19-20-21-22-23-24-25-26-27-28-29-30(33)32(31)34/h34H,2-29H2,1H3. The summed E-state index contributed by atoms with van der Waals surface area (Å²) in [5, 5.41) is 8.92. The van der Waals surface area contributed by atoms with Gasteiger partial charge in [0.15, 0.2) is 0 Å². The SMILES string of the molecule is CCCCCCCCCCCCCCCCCCCCCCCCCCCCCC(=O)N(O)Br. The van der Waals surface area contributed by atoms with E-state index in [0.29, 0.717) is 10.5 Å². The van der Waals surface area contributed by atoms with E-state index in [-0.39, 0.29) is 5.91 Å². The fourth-order valence-corrected chi connectivity index (χ4v) is 5.04. The van der Waals surface area contributed by atoms with Gasteiger partial charge in [0.2, 0.25) is 0 Å². The van der Waals surface area contributed by atoms with Crippen LogP contribution in [0, 0.1) is 0 Å². The smallest absolute Gasteiger partial charge is 0.256 e. The lowest BCUT2D eigenvalue weighted by atomic mass is 10.0. The first-order valence-electron chi connectivity index (χ1n) is 15.4. The molecule has 204 valence electrons. The highest BCUT2D eigenvalue weighted by Crippen LogP contribution is 2.16. The van der Waals surface area contributed by atoms with Crippen LogP contribution in [-0.2, 0) is 4.79 Å². The van der Waals surface area contributed by atoms with Crippen molar-refractivity contribution < 1.29 is 10.0 Å². The van der Waals surface area contributed by atoms with E-state index in [9.17, 15) is 4.79 Å². The maximum absolute atomic E-state index is 11.2. The van der Waals surface area contributed by atoms with Gasteiger partial charge in [0.25, 0.3) is 5.91 Å². The van der Waals surface area contributed by atoms with Gasteiger partial charge in [-0.15, -0.1) is 0 Å². The topological polar surface area (TPSA) is 40.5 Å². The minimum Gasteiger partial charge on any atom is -0.275 e. The molecule has 0 aromatic rings. The van der Waals surface area contributed by atoms with E-state index in [2.05, 4.69) is 23.1 Å². The number of halogens is 1. The van der Waals surface area contributed by atoms with E-state index in [4.69, 9.17) is 5.21 Å². The van der Waals surface area contributed by atoms with E-state index in [1.165, 1.54) is 161 Å². The number of carbonyl (C=O) groups excluding carboxylic acids is 1. The van der Waals surface area contributed by atoms with Crippen molar-refractivity contribution in [2.24, 2.45) is 0 Å². The predicted molar refractivity (Wildman–Crippen MR) is 153 cm³/mol. The van der Waals surface area contributed by atoms with Crippen molar-refractivity contribution in [2.75, 3.05) is 0 Å². The zero-order chi connectivity index (χ0) is 25.0. The predicted octanol–water partition coefficient (Wildman–Crippen LogP) is 11.5. The first-order valence-corrected chi connectivity index (χ1v) is 16.1. The van der Waals surface area contributed by atoms with Crippen LogP contribution in [0.25, 0.3) is 0 Å². The lowest BCUT2D eigenvalue weighted by Gasteiger charge is -2.05.